The van der Waals surface area contributed by atoms with Crippen LogP contribution in [-0.4, -0.2) is 11.4 Å². The van der Waals surface area contributed by atoms with E-state index < -0.39 is 0 Å². The summed E-state index contributed by atoms with van der Waals surface area (Å²) in [7, 11) is 0. The molecule has 0 saturated heterocycles. The third-order valence-electron chi connectivity index (χ3n) is 5.44. The summed E-state index contributed by atoms with van der Waals surface area (Å²) in [4.78, 5) is 4.10. The van der Waals surface area contributed by atoms with Crippen LogP contribution in [0, 0.1) is 5.41 Å². The monoisotopic (exact) mass is 588 g/mol. The molecular formula is C40H65N3. The molecule has 0 saturated carbocycles. The standard InChI is InChI=1S/C18H20.C7H9N.C7H13N.C2H5N.3C2H6/c1-3-5-7-16-10-12-17(13-11-16)18-9-6-8-15(4-2)14-18;1-6-4-2-3-5-7(6)8;1-4-6-8-7(3)5-2;1-2-3;3*1-2/h3,5-6,8-14H,4,7H2,1-2H3;2,4,8H,1,3,5H2;4,6H,5H2,1-3H3;2H,1,3H2;3*1-2H3/b5-3+;;6-4-,8-7?;;;;. The molecule has 0 bridgehead atoms. The van der Waals surface area contributed by atoms with Crippen molar-refractivity contribution in [3.63, 3.8) is 0 Å². The SMILES string of the molecule is C/C=C/Cc1ccc(-c2cccc(CC)c2)cc1.C/C=C\N=C(C)CC.C=C1C=CCCC1=N.C=CN.CC.CC.CC. The zero-order valence-corrected chi connectivity index (χ0v) is 29.6. The van der Waals surface area contributed by atoms with Gasteiger partial charge in [-0.15, -0.1) is 0 Å². The first kappa shape index (κ1) is 46.2. The molecule has 0 unspecified atom stereocenters. The third kappa shape index (κ3) is 26.9. The van der Waals surface area contributed by atoms with E-state index in [0.717, 1.165) is 37.7 Å². The van der Waals surface area contributed by atoms with Crippen LogP contribution in [-0.2, 0) is 12.8 Å². The van der Waals surface area contributed by atoms with Crippen molar-refractivity contribution in [2.45, 2.75) is 108 Å². The van der Waals surface area contributed by atoms with Gasteiger partial charge in [0.1, 0.15) is 0 Å². The van der Waals surface area contributed by atoms with Crippen LogP contribution in [0.5, 0.6) is 0 Å². The Bertz CT molecular complexity index is 1050. The maximum atomic E-state index is 7.24. The predicted octanol–water partition coefficient (Wildman–Crippen LogP) is 12.5. The zero-order chi connectivity index (χ0) is 33.9. The molecule has 0 heterocycles. The molecule has 0 amide bonds. The topological polar surface area (TPSA) is 62.2 Å². The quantitative estimate of drug-likeness (QED) is 0.256. The summed E-state index contributed by atoms with van der Waals surface area (Å²) < 4.78 is 0. The highest BCUT2D eigenvalue weighted by molar-refractivity contribution is 6.00. The normalized spacial score (nSPS) is 11.4. The van der Waals surface area contributed by atoms with Gasteiger partial charge in [-0.2, -0.15) is 0 Å². The smallest absolute Gasteiger partial charge is 0.0383 e. The molecule has 0 aromatic heterocycles. The molecule has 1 aliphatic carbocycles. The summed E-state index contributed by atoms with van der Waals surface area (Å²) in [5, 5.41) is 7.24. The fourth-order valence-corrected chi connectivity index (χ4v) is 3.07. The summed E-state index contributed by atoms with van der Waals surface area (Å²) >= 11 is 0. The van der Waals surface area contributed by atoms with Gasteiger partial charge >= 0.3 is 0 Å². The Morgan fingerprint density at radius 2 is 1.49 bits per heavy atom. The number of benzene rings is 2. The second kappa shape index (κ2) is 36.3. The van der Waals surface area contributed by atoms with Crippen molar-refractivity contribution in [3.8, 4) is 11.1 Å². The summed E-state index contributed by atoms with van der Waals surface area (Å²) in [6.07, 6.45) is 18.3. The van der Waals surface area contributed by atoms with E-state index in [2.05, 4.69) is 111 Å². The minimum atomic E-state index is 0.688. The van der Waals surface area contributed by atoms with Crippen molar-refractivity contribution in [1.82, 2.24) is 0 Å². The number of aliphatic imine (C=N–C) groups is 1. The molecule has 1 aliphatic rings. The van der Waals surface area contributed by atoms with Gasteiger partial charge in [-0.25, -0.2) is 0 Å². The average molecular weight is 588 g/mol. The molecular weight excluding hydrogens is 522 g/mol. The van der Waals surface area contributed by atoms with E-state index in [-0.39, 0.29) is 0 Å². The maximum Gasteiger partial charge on any atom is 0.0383 e. The van der Waals surface area contributed by atoms with Crippen LogP contribution in [0.4, 0.5) is 0 Å². The number of nitrogens with one attached hydrogen (secondary N) is 1. The minimum Gasteiger partial charge on any atom is -0.405 e. The van der Waals surface area contributed by atoms with Crippen LogP contribution >= 0.6 is 0 Å². The second-order valence-electron chi connectivity index (χ2n) is 8.40. The maximum absolute atomic E-state index is 7.24. The fraction of sp³-hybridized carbons (Fsp3) is 0.400. The number of aryl methyl sites for hydroxylation is 1. The number of rotatable bonds is 6. The van der Waals surface area contributed by atoms with Crippen molar-refractivity contribution in [1.29, 1.82) is 5.41 Å². The van der Waals surface area contributed by atoms with E-state index >= 15 is 0 Å². The number of hydrogen-bond acceptors (Lipinski definition) is 3. The minimum absolute atomic E-state index is 0.688. The van der Waals surface area contributed by atoms with Gasteiger partial charge in [0.15, 0.2) is 0 Å². The van der Waals surface area contributed by atoms with E-state index in [1.165, 1.54) is 34.2 Å². The highest BCUT2D eigenvalue weighted by Crippen LogP contribution is 2.21. The van der Waals surface area contributed by atoms with Gasteiger partial charge in [0.25, 0.3) is 0 Å². The molecule has 0 spiro atoms. The van der Waals surface area contributed by atoms with Crippen molar-refractivity contribution in [3.05, 3.63) is 121 Å². The van der Waals surface area contributed by atoms with Crippen LogP contribution in [0.15, 0.2) is 115 Å². The molecule has 240 valence electrons. The molecule has 3 N–H and O–H groups in total. The Balaban J connectivity index is -0.000000256. The molecule has 2 aromatic carbocycles. The Hall–Kier alpha value is -3.72. The van der Waals surface area contributed by atoms with Crippen LogP contribution < -0.4 is 5.73 Å². The van der Waals surface area contributed by atoms with E-state index in [0.29, 0.717) is 5.71 Å². The van der Waals surface area contributed by atoms with Crippen molar-refractivity contribution in [2.75, 3.05) is 0 Å². The van der Waals surface area contributed by atoms with Gasteiger partial charge in [-0.05, 0) is 86.9 Å². The van der Waals surface area contributed by atoms with Gasteiger partial charge in [-0.1, -0.05) is 147 Å². The third-order valence-corrected chi connectivity index (χ3v) is 5.44. The summed E-state index contributed by atoms with van der Waals surface area (Å²) in [6, 6.07) is 17.6. The molecule has 0 radical (unpaired) electrons. The Labute approximate surface area is 267 Å². The molecule has 3 nitrogen and oxygen atoms in total. The Morgan fingerprint density at radius 3 is 1.91 bits per heavy atom. The number of allylic oxidation sites excluding steroid dienone is 6. The largest absolute Gasteiger partial charge is 0.405 e. The van der Waals surface area contributed by atoms with Gasteiger partial charge < -0.3 is 11.1 Å². The first-order valence-electron chi connectivity index (χ1n) is 16.1. The van der Waals surface area contributed by atoms with E-state index in [1.54, 1.807) is 0 Å². The van der Waals surface area contributed by atoms with Gasteiger partial charge in [0, 0.05) is 17.6 Å². The number of nitrogens with two attached hydrogens (primary N) is 1. The lowest BCUT2D eigenvalue weighted by Gasteiger charge is -2.05. The lowest BCUT2D eigenvalue weighted by atomic mass is 10.0. The van der Waals surface area contributed by atoms with Crippen molar-refractivity contribution in [2.24, 2.45) is 10.7 Å². The first-order valence-corrected chi connectivity index (χ1v) is 16.1. The Kier molecular flexibility index (Phi) is 39.0. The Morgan fingerprint density at radius 1 is 0.907 bits per heavy atom. The lowest BCUT2D eigenvalue weighted by molar-refractivity contribution is 1.06. The predicted molar refractivity (Wildman–Crippen MR) is 202 cm³/mol. The number of hydrogen-bond donors (Lipinski definition) is 2. The highest BCUT2D eigenvalue weighted by Gasteiger charge is 2.01. The van der Waals surface area contributed by atoms with Crippen LogP contribution in [0.3, 0.4) is 0 Å². The van der Waals surface area contributed by atoms with Crippen molar-refractivity contribution >= 4 is 11.4 Å². The summed E-state index contributed by atoms with van der Waals surface area (Å²) in [5.41, 5.74) is 12.7. The van der Waals surface area contributed by atoms with Gasteiger partial charge in [0.05, 0.1) is 0 Å². The van der Waals surface area contributed by atoms with Crippen molar-refractivity contribution < 1.29 is 0 Å². The fourth-order valence-electron chi connectivity index (χ4n) is 3.07. The van der Waals surface area contributed by atoms with Crippen LogP contribution in [0.25, 0.3) is 11.1 Å². The van der Waals surface area contributed by atoms with Crippen LogP contribution in [0.1, 0.15) is 107 Å². The molecule has 43 heavy (non-hydrogen) atoms. The second-order valence-corrected chi connectivity index (χ2v) is 8.40. The molecule has 0 aliphatic heterocycles. The van der Waals surface area contributed by atoms with Gasteiger partial charge in [-0.3, -0.25) is 4.99 Å². The molecule has 3 rings (SSSR count). The van der Waals surface area contributed by atoms with E-state index in [1.807, 2.05) is 73.7 Å². The first-order chi connectivity index (χ1) is 20.9. The summed E-state index contributed by atoms with van der Waals surface area (Å²) in [5.74, 6) is 0. The molecule has 3 heteroatoms. The zero-order valence-electron chi connectivity index (χ0n) is 29.6. The molecule has 2 aromatic rings. The lowest BCUT2D eigenvalue weighted by Crippen LogP contribution is -2.00. The molecule has 0 fully saturated rings. The van der Waals surface area contributed by atoms with Gasteiger partial charge in [0.2, 0.25) is 0 Å². The van der Waals surface area contributed by atoms with E-state index in [4.69, 9.17) is 5.41 Å². The average Bonchev–Trinajstić information content (AvgIpc) is 3.08. The molecule has 0 atom stereocenters. The number of nitrogens with zero attached hydrogens (tertiary/aromatic N) is 1. The summed E-state index contributed by atoms with van der Waals surface area (Å²) in [6.45, 7) is 29.2. The van der Waals surface area contributed by atoms with Crippen LogP contribution in [0.2, 0.25) is 0 Å². The van der Waals surface area contributed by atoms with E-state index in [9.17, 15) is 0 Å². The highest BCUT2D eigenvalue weighted by atomic mass is 14.7.